The van der Waals surface area contributed by atoms with Crippen LogP contribution in [0.5, 0.6) is 0 Å². The highest BCUT2D eigenvalue weighted by Gasteiger charge is 2.18. The minimum atomic E-state index is -0.264. The van der Waals surface area contributed by atoms with Gasteiger partial charge in [0.1, 0.15) is 18.2 Å². The normalized spacial score (nSPS) is 12.6. The Balaban J connectivity index is 1.81. The number of imidazole rings is 1. The predicted octanol–water partition coefficient (Wildman–Crippen LogP) is 1.59. The van der Waals surface area contributed by atoms with Crippen molar-refractivity contribution in [2.24, 2.45) is 0 Å². The monoisotopic (exact) mass is 308 g/mol. The summed E-state index contributed by atoms with van der Waals surface area (Å²) in [4.78, 5) is 20.5. The summed E-state index contributed by atoms with van der Waals surface area (Å²) >= 11 is 1.52. The Morgan fingerprint density at radius 1 is 1.43 bits per heavy atom. The number of aromatic nitrogens is 5. The van der Waals surface area contributed by atoms with Gasteiger partial charge in [-0.1, -0.05) is 25.6 Å². The Morgan fingerprint density at radius 2 is 2.24 bits per heavy atom. The van der Waals surface area contributed by atoms with Crippen molar-refractivity contribution in [2.45, 2.75) is 37.9 Å². The minimum absolute atomic E-state index is 0.00642. The maximum atomic E-state index is 12.2. The summed E-state index contributed by atoms with van der Waals surface area (Å²) < 4.78 is 1.92. The highest BCUT2D eigenvalue weighted by molar-refractivity contribution is 7.99. The number of carbonyl (C=O) groups is 1. The molecule has 8 heteroatoms. The smallest absolute Gasteiger partial charge is 0.242 e. The van der Waals surface area contributed by atoms with Gasteiger partial charge in [-0.15, -0.1) is 0 Å². The van der Waals surface area contributed by atoms with Gasteiger partial charge in [-0.05, 0) is 6.92 Å². The number of amides is 1. The maximum absolute atomic E-state index is 12.2. The van der Waals surface area contributed by atoms with Gasteiger partial charge >= 0.3 is 0 Å². The van der Waals surface area contributed by atoms with Crippen molar-refractivity contribution < 1.29 is 4.79 Å². The molecule has 21 heavy (non-hydrogen) atoms. The van der Waals surface area contributed by atoms with Crippen LogP contribution in [-0.4, -0.2) is 42.9 Å². The molecule has 1 atom stereocenters. The first-order valence-corrected chi connectivity index (χ1v) is 7.86. The Bertz CT molecular complexity index is 565. The van der Waals surface area contributed by atoms with Crippen molar-refractivity contribution in [3.05, 3.63) is 24.5 Å². The van der Waals surface area contributed by atoms with E-state index in [-0.39, 0.29) is 17.9 Å². The van der Waals surface area contributed by atoms with Crippen molar-refractivity contribution in [3.63, 3.8) is 0 Å². The largest absolute Gasteiger partial charge is 0.353 e. The molecule has 2 aromatic rings. The molecule has 2 N–H and O–H groups in total. The van der Waals surface area contributed by atoms with Gasteiger partial charge in [0.05, 0.1) is 0 Å². The van der Waals surface area contributed by atoms with E-state index >= 15 is 0 Å². The molecule has 0 aliphatic carbocycles. The number of carbonyl (C=O) groups excluding carboxylic acids is 1. The Kier molecular flexibility index (Phi) is 5.38. The molecule has 0 spiro atoms. The first-order valence-electron chi connectivity index (χ1n) is 6.88. The molecule has 2 aromatic heterocycles. The number of thioether (sulfide) groups is 1. The van der Waals surface area contributed by atoms with Gasteiger partial charge in [-0.25, -0.2) is 9.97 Å². The molecule has 114 valence electrons. The molecule has 0 saturated carbocycles. The molecule has 1 amide bonds. The van der Waals surface area contributed by atoms with E-state index in [1.807, 2.05) is 17.7 Å². The summed E-state index contributed by atoms with van der Waals surface area (Å²) in [5, 5.41) is 10.2. The third kappa shape index (κ3) is 4.07. The third-order valence-corrected chi connectivity index (χ3v) is 3.92. The van der Waals surface area contributed by atoms with E-state index in [9.17, 15) is 4.79 Å². The second kappa shape index (κ2) is 7.26. The average molecular weight is 308 g/mol. The van der Waals surface area contributed by atoms with Gasteiger partial charge in [0.2, 0.25) is 5.91 Å². The third-order valence-electron chi connectivity index (χ3n) is 3.04. The molecule has 2 rings (SSSR count). The minimum Gasteiger partial charge on any atom is -0.353 e. The molecule has 7 nitrogen and oxygen atoms in total. The average Bonchev–Trinajstić information content (AvgIpc) is 3.13. The zero-order valence-corrected chi connectivity index (χ0v) is 13.2. The van der Waals surface area contributed by atoms with Crippen molar-refractivity contribution >= 4 is 17.7 Å². The highest BCUT2D eigenvalue weighted by Crippen LogP contribution is 2.17. The zero-order valence-electron chi connectivity index (χ0n) is 12.4. The van der Waals surface area contributed by atoms with E-state index in [2.05, 4.69) is 39.3 Å². The maximum Gasteiger partial charge on any atom is 0.242 e. The van der Waals surface area contributed by atoms with Crippen LogP contribution in [-0.2, 0) is 4.79 Å². The molecular weight excluding hydrogens is 288 g/mol. The molecule has 0 fully saturated rings. The van der Waals surface area contributed by atoms with Crippen LogP contribution in [0.25, 0.3) is 0 Å². The second-order valence-corrected chi connectivity index (χ2v) is 6.04. The fourth-order valence-electron chi connectivity index (χ4n) is 1.96. The molecular formula is C13H20N6OS. The summed E-state index contributed by atoms with van der Waals surface area (Å²) in [5.41, 5.74) is 0. The molecule has 0 aliphatic rings. The quantitative estimate of drug-likeness (QED) is 0.599. The van der Waals surface area contributed by atoms with E-state index in [4.69, 9.17) is 0 Å². The summed E-state index contributed by atoms with van der Waals surface area (Å²) in [6, 6.07) is -0.264. The van der Waals surface area contributed by atoms with E-state index in [0.717, 1.165) is 16.7 Å². The highest BCUT2D eigenvalue weighted by atomic mass is 32.2. The number of hydrogen-bond acceptors (Lipinski definition) is 5. The number of rotatable bonds is 7. The van der Waals surface area contributed by atoms with Crippen LogP contribution >= 0.6 is 11.8 Å². The molecule has 0 radical (unpaired) electrons. The van der Waals surface area contributed by atoms with E-state index < -0.39 is 0 Å². The molecule has 0 bridgehead atoms. The molecule has 0 unspecified atom stereocenters. The lowest BCUT2D eigenvalue weighted by Crippen LogP contribution is -2.33. The van der Waals surface area contributed by atoms with Crippen molar-refractivity contribution in [2.75, 3.05) is 12.3 Å². The standard InChI is InChI=1S/C13H20N6OS/c1-9(2)11-14-4-6-19(11)10(3)12(20)15-5-7-21-13-16-8-17-18-13/h4,6,8-10H,5,7H2,1-3H3,(H,15,20)(H,16,17,18)/t10-/m0/s1. The van der Waals surface area contributed by atoms with Gasteiger partial charge in [0.15, 0.2) is 5.16 Å². The number of H-pyrrole nitrogens is 1. The fraction of sp³-hybridized carbons (Fsp3) is 0.538. The summed E-state index contributed by atoms with van der Waals surface area (Å²) in [5.74, 6) is 1.95. The molecule has 2 heterocycles. The summed E-state index contributed by atoms with van der Waals surface area (Å²) in [6.45, 7) is 6.60. The SMILES string of the molecule is CC(C)c1nccn1[C@@H](C)C(=O)NCCSc1ncn[nH]1. The lowest BCUT2D eigenvalue weighted by molar-refractivity contribution is -0.123. The Morgan fingerprint density at radius 3 is 2.90 bits per heavy atom. The van der Waals surface area contributed by atoms with Gasteiger partial charge in [-0.3, -0.25) is 9.89 Å². The molecule has 0 saturated heterocycles. The summed E-state index contributed by atoms with van der Waals surface area (Å²) in [7, 11) is 0. The van der Waals surface area contributed by atoms with Crippen LogP contribution < -0.4 is 5.32 Å². The first kappa shape index (κ1) is 15.6. The van der Waals surface area contributed by atoms with Crippen LogP contribution in [0.15, 0.2) is 23.9 Å². The van der Waals surface area contributed by atoms with Crippen LogP contribution in [0.2, 0.25) is 0 Å². The van der Waals surface area contributed by atoms with Gasteiger partial charge < -0.3 is 9.88 Å². The molecule has 0 aliphatic heterocycles. The van der Waals surface area contributed by atoms with Gasteiger partial charge in [0, 0.05) is 30.6 Å². The van der Waals surface area contributed by atoms with E-state index in [1.54, 1.807) is 6.20 Å². The zero-order chi connectivity index (χ0) is 15.2. The number of aromatic amines is 1. The molecule has 0 aromatic carbocycles. The number of nitrogens with zero attached hydrogens (tertiary/aromatic N) is 4. The van der Waals surface area contributed by atoms with Gasteiger partial charge in [0.25, 0.3) is 0 Å². The second-order valence-electron chi connectivity index (χ2n) is 4.95. The van der Waals surface area contributed by atoms with Crippen molar-refractivity contribution in [1.29, 1.82) is 0 Å². The van der Waals surface area contributed by atoms with Crippen LogP contribution in [0.1, 0.15) is 38.6 Å². The van der Waals surface area contributed by atoms with Crippen molar-refractivity contribution in [1.82, 2.24) is 30.0 Å². The predicted molar refractivity (Wildman–Crippen MR) is 81.1 cm³/mol. The Hall–Kier alpha value is -1.83. The van der Waals surface area contributed by atoms with Crippen LogP contribution in [0, 0.1) is 0 Å². The van der Waals surface area contributed by atoms with Gasteiger partial charge in [-0.2, -0.15) is 5.10 Å². The van der Waals surface area contributed by atoms with E-state index in [1.165, 1.54) is 18.1 Å². The lowest BCUT2D eigenvalue weighted by atomic mass is 10.2. The van der Waals surface area contributed by atoms with Crippen LogP contribution in [0.3, 0.4) is 0 Å². The fourth-order valence-corrected chi connectivity index (χ4v) is 2.60. The number of nitrogens with one attached hydrogen (secondary N) is 2. The van der Waals surface area contributed by atoms with Crippen molar-refractivity contribution in [3.8, 4) is 0 Å². The van der Waals surface area contributed by atoms with Crippen LogP contribution in [0.4, 0.5) is 0 Å². The topological polar surface area (TPSA) is 88.5 Å². The Labute approximate surface area is 127 Å². The first-order chi connectivity index (χ1) is 10.1. The lowest BCUT2D eigenvalue weighted by Gasteiger charge is -2.17. The number of hydrogen-bond donors (Lipinski definition) is 2. The van der Waals surface area contributed by atoms with E-state index in [0.29, 0.717) is 6.54 Å². The summed E-state index contributed by atoms with van der Waals surface area (Å²) in [6.07, 6.45) is 5.05.